The minimum Gasteiger partial charge on any atom is -0.351 e. The minimum absolute atomic E-state index is 0.0104. The Morgan fingerprint density at radius 1 is 1.08 bits per heavy atom. The van der Waals surface area contributed by atoms with Gasteiger partial charge in [0.1, 0.15) is 12.7 Å². The van der Waals surface area contributed by atoms with Gasteiger partial charge in [-0.2, -0.15) is 0 Å². The summed E-state index contributed by atoms with van der Waals surface area (Å²) in [5.41, 5.74) is 6.82. The van der Waals surface area contributed by atoms with E-state index in [1.165, 1.54) is 0 Å². The zero-order valence-corrected chi connectivity index (χ0v) is 22.3. The fourth-order valence-corrected chi connectivity index (χ4v) is 5.24. The van der Waals surface area contributed by atoms with Crippen LogP contribution in [0.2, 0.25) is 0 Å². The first kappa shape index (κ1) is 24.6. The highest BCUT2D eigenvalue weighted by molar-refractivity contribution is 7.80. The van der Waals surface area contributed by atoms with Crippen LogP contribution in [0.3, 0.4) is 0 Å². The van der Waals surface area contributed by atoms with Crippen LogP contribution in [-0.2, 0) is 4.79 Å². The van der Waals surface area contributed by atoms with Crippen LogP contribution in [0.25, 0.3) is 0 Å². The van der Waals surface area contributed by atoms with E-state index in [1.807, 2.05) is 55.8 Å². The van der Waals surface area contributed by atoms with Gasteiger partial charge in [0.05, 0.1) is 17.8 Å². The number of amides is 1. The van der Waals surface area contributed by atoms with Crippen LogP contribution >= 0.6 is 12.2 Å². The van der Waals surface area contributed by atoms with Crippen LogP contribution in [0.4, 0.5) is 11.4 Å². The zero-order chi connectivity index (χ0) is 26.3. The van der Waals surface area contributed by atoms with Crippen LogP contribution in [0.1, 0.15) is 54.1 Å². The molecule has 0 unspecified atom stereocenters. The lowest BCUT2D eigenvalue weighted by Crippen LogP contribution is -2.29. The average Bonchev–Trinajstić information content (AvgIpc) is 3.58. The van der Waals surface area contributed by atoms with Crippen LogP contribution in [0.5, 0.6) is 0 Å². The van der Waals surface area contributed by atoms with E-state index in [9.17, 15) is 4.79 Å². The second-order valence-electron chi connectivity index (χ2n) is 9.62. The fourth-order valence-electron chi connectivity index (χ4n) is 4.89. The number of hydrogen-bond acceptors (Lipinski definition) is 5. The topological polar surface area (TPSA) is 92.9 Å². The Morgan fingerprint density at radius 3 is 2.49 bits per heavy atom. The normalized spacial score (nSPS) is 17.4. The number of aryl methyl sites for hydroxylation is 2. The molecule has 4 heterocycles. The number of thiocarbonyl (C=S) groups is 1. The molecule has 37 heavy (non-hydrogen) atoms. The third-order valence-corrected chi connectivity index (χ3v) is 7.07. The molecule has 1 aliphatic heterocycles. The van der Waals surface area contributed by atoms with Gasteiger partial charge in [-0.1, -0.05) is 19.9 Å². The van der Waals surface area contributed by atoms with Gasteiger partial charge in [0.2, 0.25) is 5.91 Å². The molecule has 0 saturated carbocycles. The minimum atomic E-state index is -0.163. The van der Waals surface area contributed by atoms with E-state index in [0.717, 1.165) is 39.6 Å². The summed E-state index contributed by atoms with van der Waals surface area (Å²) in [6.45, 7) is 9.91. The number of carbonyl (C=O) groups is 1. The maximum Gasteiger partial charge on any atom is 0.226 e. The number of rotatable bonds is 6. The van der Waals surface area contributed by atoms with Crippen LogP contribution in [-0.4, -0.2) is 35.6 Å². The summed E-state index contributed by atoms with van der Waals surface area (Å²) in [6.07, 6.45) is 5.17. The maximum atomic E-state index is 12.3. The molecule has 0 bridgehead atoms. The molecular formula is C27H30N8OS. The molecular weight excluding hydrogens is 484 g/mol. The third-order valence-electron chi connectivity index (χ3n) is 6.76. The summed E-state index contributed by atoms with van der Waals surface area (Å²) in [5, 5.41) is 15.1. The molecule has 2 atom stereocenters. The summed E-state index contributed by atoms with van der Waals surface area (Å²) in [5.74, 6) is -0.109. The molecule has 1 fully saturated rings. The van der Waals surface area contributed by atoms with Crippen LogP contribution in [0.15, 0.2) is 61.3 Å². The lowest BCUT2D eigenvalue weighted by atomic mass is 9.96. The Labute approximate surface area is 221 Å². The number of aromatic nitrogens is 5. The van der Waals surface area contributed by atoms with Crippen molar-refractivity contribution in [3.63, 3.8) is 0 Å². The number of nitrogens with zero attached hydrogens (tertiary/aromatic N) is 6. The third kappa shape index (κ3) is 4.48. The van der Waals surface area contributed by atoms with Crippen molar-refractivity contribution in [2.75, 3.05) is 10.2 Å². The number of nitrogens with one attached hydrogen (secondary N) is 2. The first-order valence-electron chi connectivity index (χ1n) is 12.2. The molecule has 4 aromatic rings. The van der Waals surface area contributed by atoms with Gasteiger partial charge in [0.25, 0.3) is 0 Å². The van der Waals surface area contributed by atoms with Crippen molar-refractivity contribution in [1.29, 1.82) is 0 Å². The van der Waals surface area contributed by atoms with Crippen molar-refractivity contribution in [3.8, 4) is 0 Å². The Hall–Kier alpha value is -4.05. The fraction of sp³-hybridized carbons (Fsp3) is 0.296. The van der Waals surface area contributed by atoms with Gasteiger partial charge >= 0.3 is 0 Å². The molecule has 5 rings (SSSR count). The van der Waals surface area contributed by atoms with E-state index in [2.05, 4.69) is 61.4 Å². The number of benzene rings is 1. The maximum absolute atomic E-state index is 12.3. The molecule has 9 nitrogen and oxygen atoms in total. The summed E-state index contributed by atoms with van der Waals surface area (Å²) in [4.78, 5) is 19.1. The van der Waals surface area contributed by atoms with E-state index in [-0.39, 0.29) is 23.9 Å². The van der Waals surface area contributed by atoms with Crippen LogP contribution in [0, 0.1) is 26.7 Å². The van der Waals surface area contributed by atoms with E-state index >= 15 is 0 Å². The van der Waals surface area contributed by atoms with Crippen molar-refractivity contribution in [1.82, 2.24) is 29.9 Å². The molecule has 3 aromatic heterocycles. The number of pyridine rings is 1. The lowest BCUT2D eigenvalue weighted by Gasteiger charge is -2.29. The van der Waals surface area contributed by atoms with Crippen molar-refractivity contribution in [2.24, 2.45) is 5.92 Å². The van der Waals surface area contributed by atoms with E-state index < -0.39 is 0 Å². The van der Waals surface area contributed by atoms with Gasteiger partial charge in [0.15, 0.2) is 5.11 Å². The van der Waals surface area contributed by atoms with E-state index in [4.69, 9.17) is 12.2 Å². The Morgan fingerprint density at radius 2 is 1.84 bits per heavy atom. The van der Waals surface area contributed by atoms with Gasteiger partial charge in [-0.25, -0.2) is 4.68 Å². The van der Waals surface area contributed by atoms with Crippen molar-refractivity contribution >= 4 is 34.6 Å². The second-order valence-corrected chi connectivity index (χ2v) is 10.0. The molecule has 2 N–H and O–H groups in total. The molecule has 1 amide bonds. The quantitative estimate of drug-likeness (QED) is 0.367. The Balaban J connectivity index is 1.61. The predicted octanol–water partition coefficient (Wildman–Crippen LogP) is 4.48. The summed E-state index contributed by atoms with van der Waals surface area (Å²) in [7, 11) is 0. The van der Waals surface area contributed by atoms with Gasteiger partial charge in [0, 0.05) is 40.4 Å². The first-order chi connectivity index (χ1) is 17.8. The second kappa shape index (κ2) is 9.78. The monoisotopic (exact) mass is 514 g/mol. The summed E-state index contributed by atoms with van der Waals surface area (Å²) < 4.78 is 3.95. The van der Waals surface area contributed by atoms with Gasteiger partial charge < -0.3 is 15.5 Å². The molecule has 10 heteroatoms. The molecule has 0 aliphatic carbocycles. The highest BCUT2D eigenvalue weighted by atomic mass is 32.1. The van der Waals surface area contributed by atoms with Gasteiger partial charge in [-0.05, 0) is 75.0 Å². The molecule has 1 aliphatic rings. The van der Waals surface area contributed by atoms with Gasteiger partial charge in [-0.3, -0.25) is 14.5 Å². The van der Waals surface area contributed by atoms with Crippen LogP contribution < -0.4 is 15.5 Å². The molecule has 190 valence electrons. The molecule has 0 radical (unpaired) electrons. The number of carbonyl (C=O) groups excluding carboxylic acids is 1. The highest BCUT2D eigenvalue weighted by Crippen LogP contribution is 2.43. The Kier molecular flexibility index (Phi) is 6.51. The molecule has 1 aromatic carbocycles. The summed E-state index contributed by atoms with van der Waals surface area (Å²) >= 11 is 5.90. The zero-order valence-electron chi connectivity index (χ0n) is 21.5. The molecule has 1 saturated heterocycles. The van der Waals surface area contributed by atoms with Crippen molar-refractivity contribution < 1.29 is 4.79 Å². The predicted molar refractivity (Wildman–Crippen MR) is 147 cm³/mol. The largest absolute Gasteiger partial charge is 0.351 e. The van der Waals surface area contributed by atoms with Crippen molar-refractivity contribution in [2.45, 2.75) is 46.7 Å². The highest BCUT2D eigenvalue weighted by Gasteiger charge is 2.42. The number of hydrogen-bond donors (Lipinski definition) is 2. The first-order valence-corrected chi connectivity index (χ1v) is 12.6. The Bertz CT molecular complexity index is 1440. The number of anilines is 2. The van der Waals surface area contributed by atoms with E-state index in [1.54, 1.807) is 18.9 Å². The average molecular weight is 515 g/mol. The van der Waals surface area contributed by atoms with Crippen molar-refractivity contribution in [3.05, 3.63) is 89.5 Å². The lowest BCUT2D eigenvalue weighted by molar-refractivity contribution is -0.118. The SMILES string of the molecule is Cc1cc(N2C(=S)N[C@@H](c3ccccn3)[C@@H]2c2cc(C)n(-n3cnnc3)c2C)ccc1NC(=O)C(C)C. The summed E-state index contributed by atoms with van der Waals surface area (Å²) in [6, 6.07) is 13.8. The van der Waals surface area contributed by atoms with E-state index in [0.29, 0.717) is 5.11 Å². The molecule has 0 spiro atoms. The van der Waals surface area contributed by atoms with Gasteiger partial charge in [-0.15, -0.1) is 10.2 Å². The standard InChI is InChI=1S/C27H30N8OS/c1-16(2)26(36)31-22-10-9-20(12-17(22)3)34-25(24(32-27(34)37)23-8-6-7-11-28-23)21-13-18(4)35(19(21)5)33-14-29-30-15-33/h6-16,24-25H,1-5H3,(H,31,36)(H,32,37)/t24-,25-/m0/s1. The smallest absolute Gasteiger partial charge is 0.226 e.